The Hall–Kier alpha value is -0.590. The van der Waals surface area contributed by atoms with Crippen LogP contribution < -0.4 is 0 Å². The molecule has 46 valence electrons. The molecular formula is C7H13N. The Morgan fingerprint density at radius 2 is 2.12 bits per heavy atom. The average molecular weight is 111 g/mol. The first-order valence-electron chi connectivity index (χ1n) is 2.81. The first-order valence-corrected chi connectivity index (χ1v) is 2.81. The maximum atomic E-state index is 3.68. The molecule has 0 spiro atoms. The molecule has 1 heteroatoms. The summed E-state index contributed by atoms with van der Waals surface area (Å²) in [5, 5.41) is 0. The molecule has 0 aliphatic rings. The summed E-state index contributed by atoms with van der Waals surface area (Å²) in [5.41, 5.74) is 0.889. The Bertz CT molecular complexity index is 92.6. The van der Waals surface area contributed by atoms with Crippen LogP contribution in [0.15, 0.2) is 17.3 Å². The molecule has 0 rings (SSSR count). The monoisotopic (exact) mass is 111 g/mol. The van der Waals surface area contributed by atoms with E-state index < -0.39 is 0 Å². The highest BCUT2D eigenvalue weighted by Gasteiger charge is 1.93. The molecule has 0 amide bonds. The Morgan fingerprint density at radius 3 is 2.25 bits per heavy atom. The van der Waals surface area contributed by atoms with Crippen LogP contribution in [0, 0.1) is 5.92 Å². The SMILES string of the molecule is C=NC(=C)CC(C)C. The molecule has 0 aromatic carbocycles. The summed E-state index contributed by atoms with van der Waals surface area (Å²) in [5.74, 6) is 0.646. The van der Waals surface area contributed by atoms with Crippen LogP contribution in [-0.2, 0) is 0 Å². The Kier molecular flexibility index (Phi) is 3.16. The fourth-order valence-electron chi connectivity index (χ4n) is 0.536. The van der Waals surface area contributed by atoms with Crippen molar-refractivity contribution in [3.05, 3.63) is 12.3 Å². The molecule has 0 aliphatic carbocycles. The van der Waals surface area contributed by atoms with E-state index in [1.807, 2.05) is 0 Å². The molecule has 0 aromatic rings. The van der Waals surface area contributed by atoms with Crippen LogP contribution >= 0.6 is 0 Å². The van der Waals surface area contributed by atoms with E-state index in [4.69, 9.17) is 0 Å². The highest BCUT2D eigenvalue weighted by atomic mass is 14.7. The highest BCUT2D eigenvalue weighted by Crippen LogP contribution is 2.07. The van der Waals surface area contributed by atoms with Gasteiger partial charge in [0.15, 0.2) is 0 Å². The van der Waals surface area contributed by atoms with Crippen LogP contribution in [0.25, 0.3) is 0 Å². The van der Waals surface area contributed by atoms with Crippen LogP contribution in [0.2, 0.25) is 0 Å². The van der Waals surface area contributed by atoms with Crippen LogP contribution in [0.1, 0.15) is 20.3 Å². The summed E-state index contributed by atoms with van der Waals surface area (Å²) < 4.78 is 0. The third kappa shape index (κ3) is 3.59. The number of hydrogen-bond acceptors (Lipinski definition) is 1. The topological polar surface area (TPSA) is 12.4 Å². The second-order valence-electron chi connectivity index (χ2n) is 2.32. The van der Waals surface area contributed by atoms with Gasteiger partial charge in [0.2, 0.25) is 0 Å². The molecule has 0 bridgehead atoms. The van der Waals surface area contributed by atoms with Gasteiger partial charge in [0, 0.05) is 5.70 Å². The summed E-state index contributed by atoms with van der Waals surface area (Å²) >= 11 is 0. The number of rotatable bonds is 3. The van der Waals surface area contributed by atoms with E-state index in [1.54, 1.807) is 0 Å². The molecule has 1 nitrogen and oxygen atoms in total. The molecule has 0 saturated carbocycles. The lowest BCUT2D eigenvalue weighted by Gasteiger charge is -2.00. The third-order valence-corrected chi connectivity index (χ3v) is 0.867. The second-order valence-corrected chi connectivity index (χ2v) is 2.32. The third-order valence-electron chi connectivity index (χ3n) is 0.867. The van der Waals surface area contributed by atoms with Crippen LogP contribution in [0.4, 0.5) is 0 Å². The predicted molar refractivity (Wildman–Crippen MR) is 38.1 cm³/mol. The normalized spacial score (nSPS) is 9.38. The fourth-order valence-corrected chi connectivity index (χ4v) is 0.536. The smallest absolute Gasteiger partial charge is 0.0327 e. The summed E-state index contributed by atoms with van der Waals surface area (Å²) in [6, 6.07) is 0. The van der Waals surface area contributed by atoms with Gasteiger partial charge in [-0.3, -0.25) is 4.99 Å². The lowest BCUT2D eigenvalue weighted by Crippen LogP contribution is -1.86. The zero-order valence-corrected chi connectivity index (χ0v) is 5.65. The summed E-state index contributed by atoms with van der Waals surface area (Å²) in [6.07, 6.45) is 0.962. The highest BCUT2D eigenvalue weighted by molar-refractivity contribution is 5.27. The van der Waals surface area contributed by atoms with Crippen molar-refractivity contribution in [1.29, 1.82) is 0 Å². The number of aliphatic imine (C=N–C) groups is 1. The minimum Gasteiger partial charge on any atom is -0.270 e. The standard InChI is InChI=1S/C7H13N/c1-6(2)5-7(3)8-4/h6H,3-5H2,1-2H3. The van der Waals surface area contributed by atoms with Crippen molar-refractivity contribution < 1.29 is 0 Å². The molecule has 0 saturated heterocycles. The number of nitrogens with zero attached hydrogens (tertiary/aromatic N) is 1. The van der Waals surface area contributed by atoms with Gasteiger partial charge in [-0.15, -0.1) is 0 Å². The first-order chi connectivity index (χ1) is 3.66. The fraction of sp³-hybridized carbons (Fsp3) is 0.571. The second kappa shape index (κ2) is 3.42. The van der Waals surface area contributed by atoms with Gasteiger partial charge in [-0.2, -0.15) is 0 Å². The van der Waals surface area contributed by atoms with Crippen LogP contribution in [-0.4, -0.2) is 6.72 Å². The van der Waals surface area contributed by atoms with Gasteiger partial charge in [-0.25, -0.2) is 0 Å². The van der Waals surface area contributed by atoms with Crippen molar-refractivity contribution in [3.8, 4) is 0 Å². The molecule has 8 heavy (non-hydrogen) atoms. The van der Waals surface area contributed by atoms with E-state index in [0.29, 0.717) is 5.92 Å². The predicted octanol–water partition coefficient (Wildman–Crippen LogP) is 2.25. The molecular weight excluding hydrogens is 98.1 g/mol. The number of allylic oxidation sites excluding steroid dienone is 1. The zero-order valence-electron chi connectivity index (χ0n) is 5.65. The van der Waals surface area contributed by atoms with Gasteiger partial charge in [-0.05, 0) is 19.1 Å². The van der Waals surface area contributed by atoms with Crippen LogP contribution in [0.5, 0.6) is 0 Å². The van der Waals surface area contributed by atoms with Gasteiger partial charge in [-0.1, -0.05) is 20.4 Å². The molecule has 0 atom stereocenters. The molecule has 0 unspecified atom stereocenters. The molecule has 0 fully saturated rings. The summed E-state index contributed by atoms with van der Waals surface area (Å²) in [7, 11) is 0. The minimum absolute atomic E-state index is 0.646. The lowest BCUT2D eigenvalue weighted by atomic mass is 10.1. The molecule has 0 aromatic heterocycles. The van der Waals surface area contributed by atoms with Gasteiger partial charge >= 0.3 is 0 Å². The Morgan fingerprint density at radius 1 is 1.62 bits per heavy atom. The molecule has 0 radical (unpaired) electrons. The maximum Gasteiger partial charge on any atom is 0.0327 e. The summed E-state index contributed by atoms with van der Waals surface area (Å²) in [4.78, 5) is 3.68. The van der Waals surface area contributed by atoms with Crippen LogP contribution in [0.3, 0.4) is 0 Å². The van der Waals surface area contributed by atoms with Crippen molar-refractivity contribution in [3.63, 3.8) is 0 Å². The minimum atomic E-state index is 0.646. The van der Waals surface area contributed by atoms with Crippen molar-refractivity contribution in [1.82, 2.24) is 0 Å². The van der Waals surface area contributed by atoms with Gasteiger partial charge in [0.1, 0.15) is 0 Å². The van der Waals surface area contributed by atoms with Gasteiger partial charge in [0.05, 0.1) is 0 Å². The average Bonchev–Trinajstić information content (AvgIpc) is 1.65. The van der Waals surface area contributed by atoms with Crippen molar-refractivity contribution >= 4 is 6.72 Å². The maximum absolute atomic E-state index is 3.68. The van der Waals surface area contributed by atoms with Crippen molar-refractivity contribution in [2.45, 2.75) is 20.3 Å². The van der Waals surface area contributed by atoms with E-state index in [-0.39, 0.29) is 0 Å². The Balaban J connectivity index is 3.39. The zero-order chi connectivity index (χ0) is 6.57. The molecule has 0 N–H and O–H groups in total. The van der Waals surface area contributed by atoms with Crippen molar-refractivity contribution in [2.24, 2.45) is 10.9 Å². The molecule has 0 aliphatic heterocycles. The lowest BCUT2D eigenvalue weighted by molar-refractivity contribution is 0.640. The molecule has 0 heterocycles. The summed E-state index contributed by atoms with van der Waals surface area (Å²) in [6.45, 7) is 11.3. The first kappa shape index (κ1) is 7.41. The van der Waals surface area contributed by atoms with E-state index in [1.165, 1.54) is 0 Å². The van der Waals surface area contributed by atoms with Gasteiger partial charge < -0.3 is 0 Å². The van der Waals surface area contributed by atoms with E-state index >= 15 is 0 Å². The van der Waals surface area contributed by atoms with Gasteiger partial charge in [0.25, 0.3) is 0 Å². The largest absolute Gasteiger partial charge is 0.270 e. The van der Waals surface area contributed by atoms with Crippen molar-refractivity contribution in [2.75, 3.05) is 0 Å². The quantitative estimate of drug-likeness (QED) is 0.495. The van der Waals surface area contributed by atoms with E-state index in [9.17, 15) is 0 Å². The number of hydrogen-bond donors (Lipinski definition) is 0. The Labute approximate surface area is 51.1 Å². The van der Waals surface area contributed by atoms with E-state index in [0.717, 1.165) is 12.1 Å². The van der Waals surface area contributed by atoms with E-state index in [2.05, 4.69) is 32.1 Å².